The van der Waals surface area contributed by atoms with E-state index in [0.717, 1.165) is 5.56 Å². The molecule has 0 radical (unpaired) electrons. The summed E-state index contributed by atoms with van der Waals surface area (Å²) >= 11 is 0. The Kier molecular flexibility index (Phi) is 3.01. The van der Waals surface area contributed by atoms with Crippen LogP contribution in [0.25, 0.3) is 11.0 Å². The fourth-order valence-electron chi connectivity index (χ4n) is 3.89. The molecule has 6 heteroatoms. The zero-order valence-corrected chi connectivity index (χ0v) is 14.0. The molecule has 1 unspecified atom stereocenters. The summed E-state index contributed by atoms with van der Waals surface area (Å²) in [6.07, 6.45) is 0.915. The third-order valence-electron chi connectivity index (χ3n) is 5.25. The molecule has 0 saturated heterocycles. The van der Waals surface area contributed by atoms with Gasteiger partial charge in [0.25, 0.3) is 0 Å². The van der Waals surface area contributed by atoms with Crippen LogP contribution in [0.2, 0.25) is 0 Å². The van der Waals surface area contributed by atoms with Gasteiger partial charge in [0.15, 0.2) is 28.8 Å². The number of ether oxygens (including phenoxy) is 2. The van der Waals surface area contributed by atoms with Gasteiger partial charge in [-0.05, 0) is 36.6 Å². The van der Waals surface area contributed by atoms with Crippen LogP contribution in [-0.2, 0) is 6.42 Å². The summed E-state index contributed by atoms with van der Waals surface area (Å²) in [4.78, 5) is 12.8. The Labute approximate surface area is 148 Å². The number of carbonyl (C=O) groups is 1. The summed E-state index contributed by atoms with van der Waals surface area (Å²) in [5.41, 5.74) is 2.39. The number of Topliss-reactive ketones (excluding diaryl/α,β-unsaturated/α-hetero) is 1. The van der Waals surface area contributed by atoms with Crippen molar-refractivity contribution in [1.29, 1.82) is 0 Å². The number of fused-ring (bicyclic) bond motifs is 4. The van der Waals surface area contributed by atoms with E-state index in [1.54, 1.807) is 6.92 Å². The normalized spacial score (nSPS) is 18.3. The number of benzene rings is 2. The lowest BCUT2D eigenvalue weighted by Gasteiger charge is -2.21. The molecule has 0 spiro atoms. The quantitative estimate of drug-likeness (QED) is 0.648. The molecule has 1 aromatic heterocycles. The molecule has 6 nitrogen and oxygen atoms in total. The summed E-state index contributed by atoms with van der Waals surface area (Å²) < 4.78 is 16.7. The maximum absolute atomic E-state index is 12.8. The number of phenols is 2. The second kappa shape index (κ2) is 5.17. The zero-order valence-electron chi connectivity index (χ0n) is 14.0. The van der Waals surface area contributed by atoms with Crippen molar-refractivity contribution < 1.29 is 28.9 Å². The number of aromatic hydroxyl groups is 2. The van der Waals surface area contributed by atoms with Gasteiger partial charge in [-0.25, -0.2) is 0 Å². The average Bonchev–Trinajstić information content (AvgIpc) is 3.23. The molecule has 2 aromatic carbocycles. The molecule has 0 fully saturated rings. The Morgan fingerprint density at radius 2 is 1.88 bits per heavy atom. The van der Waals surface area contributed by atoms with Gasteiger partial charge in [0.1, 0.15) is 11.3 Å². The maximum Gasteiger partial charge on any atom is 0.231 e. The van der Waals surface area contributed by atoms with Crippen molar-refractivity contribution in [3.63, 3.8) is 0 Å². The van der Waals surface area contributed by atoms with Gasteiger partial charge in [0, 0.05) is 23.8 Å². The highest BCUT2D eigenvalue weighted by atomic mass is 16.7. The Balaban J connectivity index is 1.60. The topological polar surface area (TPSA) is 89.1 Å². The van der Waals surface area contributed by atoms with E-state index in [1.807, 2.05) is 18.2 Å². The van der Waals surface area contributed by atoms with E-state index in [1.165, 1.54) is 6.07 Å². The van der Waals surface area contributed by atoms with Crippen molar-refractivity contribution in [2.45, 2.75) is 25.7 Å². The maximum atomic E-state index is 12.8. The molecule has 0 saturated carbocycles. The summed E-state index contributed by atoms with van der Waals surface area (Å²) in [5.74, 6) is 1.47. The van der Waals surface area contributed by atoms with Crippen molar-refractivity contribution in [2.24, 2.45) is 0 Å². The molecular formula is C20H16O6. The van der Waals surface area contributed by atoms with E-state index in [-0.39, 0.29) is 30.0 Å². The van der Waals surface area contributed by atoms with Gasteiger partial charge in [-0.3, -0.25) is 4.79 Å². The number of carbonyl (C=O) groups excluding carboxylic acids is 1. The monoisotopic (exact) mass is 352 g/mol. The first-order valence-electron chi connectivity index (χ1n) is 8.42. The van der Waals surface area contributed by atoms with Crippen LogP contribution in [0.3, 0.4) is 0 Å². The Morgan fingerprint density at radius 1 is 1.08 bits per heavy atom. The van der Waals surface area contributed by atoms with Crippen LogP contribution in [0.15, 0.2) is 28.7 Å². The molecule has 3 aromatic rings. The highest BCUT2D eigenvalue weighted by Gasteiger charge is 2.33. The largest absolute Gasteiger partial charge is 0.504 e. The molecule has 1 aliphatic carbocycles. The SMILES string of the molecule is Cc1c(O)c(O)cc2c3c(oc12)CC(c1ccc2c(c1)OCO2)CC3=O. The van der Waals surface area contributed by atoms with Crippen LogP contribution in [0.1, 0.15) is 39.6 Å². The van der Waals surface area contributed by atoms with Crippen LogP contribution < -0.4 is 9.47 Å². The fourth-order valence-corrected chi connectivity index (χ4v) is 3.89. The van der Waals surface area contributed by atoms with Crippen LogP contribution in [0.5, 0.6) is 23.0 Å². The highest BCUT2D eigenvalue weighted by Crippen LogP contribution is 2.44. The number of hydrogen-bond donors (Lipinski definition) is 2. The molecule has 1 atom stereocenters. The molecular weight excluding hydrogens is 336 g/mol. The van der Waals surface area contributed by atoms with Crippen molar-refractivity contribution in [3.05, 3.63) is 46.7 Å². The molecule has 132 valence electrons. The summed E-state index contributed by atoms with van der Waals surface area (Å²) in [6, 6.07) is 7.12. The third-order valence-corrected chi connectivity index (χ3v) is 5.25. The minimum absolute atomic E-state index is 0.0208. The summed E-state index contributed by atoms with van der Waals surface area (Å²) in [6.45, 7) is 1.87. The van der Waals surface area contributed by atoms with E-state index in [4.69, 9.17) is 13.9 Å². The average molecular weight is 352 g/mol. The minimum Gasteiger partial charge on any atom is -0.504 e. The molecule has 2 N–H and O–H groups in total. The lowest BCUT2D eigenvalue weighted by Crippen LogP contribution is -2.17. The van der Waals surface area contributed by atoms with Crippen LogP contribution in [0, 0.1) is 6.92 Å². The minimum atomic E-state index is -0.246. The number of hydrogen-bond acceptors (Lipinski definition) is 6. The van der Waals surface area contributed by atoms with E-state index in [0.29, 0.717) is 52.2 Å². The number of furan rings is 1. The Bertz CT molecular complexity index is 1080. The molecule has 1 aliphatic heterocycles. The molecule has 26 heavy (non-hydrogen) atoms. The summed E-state index contributed by atoms with van der Waals surface area (Å²) in [5, 5.41) is 20.4. The lowest BCUT2D eigenvalue weighted by molar-refractivity contribution is 0.0962. The second-order valence-electron chi connectivity index (χ2n) is 6.79. The predicted molar refractivity (Wildman–Crippen MR) is 92.2 cm³/mol. The second-order valence-corrected chi connectivity index (χ2v) is 6.79. The van der Waals surface area contributed by atoms with Crippen molar-refractivity contribution >= 4 is 16.8 Å². The van der Waals surface area contributed by atoms with Crippen LogP contribution in [0.4, 0.5) is 0 Å². The standard InChI is InChI=1S/C20H16O6/c1-9-19(23)14(22)7-12-18-13(21)4-11(6-17(18)26-20(9)12)10-2-3-15-16(5-10)25-8-24-15/h2-3,5,7,11,22-23H,4,6,8H2,1H3. The van der Waals surface area contributed by atoms with Gasteiger partial charge >= 0.3 is 0 Å². The predicted octanol–water partition coefficient (Wildman–Crippen LogP) is 3.79. The van der Waals surface area contributed by atoms with E-state index >= 15 is 0 Å². The number of rotatable bonds is 1. The Hall–Kier alpha value is -3.15. The van der Waals surface area contributed by atoms with E-state index < -0.39 is 0 Å². The first-order chi connectivity index (χ1) is 12.5. The molecule has 0 amide bonds. The van der Waals surface area contributed by atoms with Crippen molar-refractivity contribution in [2.75, 3.05) is 6.79 Å². The van der Waals surface area contributed by atoms with Gasteiger partial charge in [0.05, 0.1) is 5.56 Å². The van der Waals surface area contributed by atoms with Gasteiger partial charge in [0.2, 0.25) is 6.79 Å². The fraction of sp³-hybridized carbons (Fsp3) is 0.250. The molecule has 0 bridgehead atoms. The van der Waals surface area contributed by atoms with E-state index in [2.05, 4.69) is 0 Å². The number of ketones is 1. The Morgan fingerprint density at radius 3 is 2.73 bits per heavy atom. The third kappa shape index (κ3) is 2.02. The van der Waals surface area contributed by atoms with Gasteiger partial charge in [-0.15, -0.1) is 0 Å². The number of phenolic OH excluding ortho intramolecular Hbond substituents is 2. The molecule has 5 rings (SSSR count). The smallest absolute Gasteiger partial charge is 0.231 e. The van der Waals surface area contributed by atoms with Crippen LogP contribution in [-0.4, -0.2) is 22.8 Å². The molecule has 2 aliphatic rings. The number of aryl methyl sites for hydroxylation is 1. The lowest BCUT2D eigenvalue weighted by atomic mass is 9.82. The van der Waals surface area contributed by atoms with Crippen molar-refractivity contribution in [3.8, 4) is 23.0 Å². The van der Waals surface area contributed by atoms with Gasteiger partial charge in [-0.1, -0.05) is 6.07 Å². The zero-order chi connectivity index (χ0) is 18.0. The van der Waals surface area contributed by atoms with E-state index in [9.17, 15) is 15.0 Å². The molecule has 2 heterocycles. The highest BCUT2D eigenvalue weighted by molar-refractivity contribution is 6.10. The first kappa shape index (κ1) is 15.1. The van der Waals surface area contributed by atoms with Gasteiger partial charge in [-0.2, -0.15) is 0 Å². The van der Waals surface area contributed by atoms with Crippen LogP contribution >= 0.6 is 0 Å². The van der Waals surface area contributed by atoms with Crippen molar-refractivity contribution in [1.82, 2.24) is 0 Å². The van der Waals surface area contributed by atoms with Gasteiger partial charge < -0.3 is 24.1 Å². The first-order valence-corrected chi connectivity index (χ1v) is 8.42. The summed E-state index contributed by atoms with van der Waals surface area (Å²) in [7, 11) is 0.